The average molecular weight is 256 g/mol. The fraction of sp³-hybridized carbons (Fsp3) is 1.00. The summed E-state index contributed by atoms with van der Waals surface area (Å²) >= 11 is 0. The van der Waals surface area contributed by atoms with Gasteiger partial charge in [-0.2, -0.15) is 0 Å². The summed E-state index contributed by atoms with van der Waals surface area (Å²) in [6, 6.07) is 1.40. The third-order valence-electron chi connectivity index (χ3n) is 3.78. The Morgan fingerprint density at radius 3 is 2.72 bits per heavy atom. The highest BCUT2D eigenvalue weighted by Gasteiger charge is 2.26. The van der Waals surface area contributed by atoms with Gasteiger partial charge in [0.2, 0.25) is 0 Å². The molecule has 0 aliphatic carbocycles. The summed E-state index contributed by atoms with van der Waals surface area (Å²) in [4.78, 5) is 2.67. The van der Waals surface area contributed by atoms with Crippen LogP contribution in [0.25, 0.3) is 0 Å². The van der Waals surface area contributed by atoms with E-state index in [1.54, 1.807) is 0 Å². The predicted molar refractivity (Wildman–Crippen MR) is 78.0 cm³/mol. The van der Waals surface area contributed by atoms with Crippen molar-refractivity contribution in [3.8, 4) is 0 Å². The number of rotatable bonds is 8. The Morgan fingerprint density at radius 1 is 1.33 bits per heavy atom. The van der Waals surface area contributed by atoms with Gasteiger partial charge in [-0.1, -0.05) is 20.8 Å². The lowest BCUT2D eigenvalue weighted by Gasteiger charge is -2.40. The quantitative estimate of drug-likeness (QED) is 0.675. The number of nitrogens with one attached hydrogen (secondary N) is 1. The van der Waals surface area contributed by atoms with Gasteiger partial charge in [0.15, 0.2) is 0 Å². The van der Waals surface area contributed by atoms with Crippen molar-refractivity contribution in [1.29, 1.82) is 0 Å². The first-order valence-electron chi connectivity index (χ1n) is 7.72. The van der Waals surface area contributed by atoms with Gasteiger partial charge in [-0.05, 0) is 32.1 Å². The molecule has 0 amide bonds. The number of hydrogen-bond acceptors (Lipinski definition) is 3. The summed E-state index contributed by atoms with van der Waals surface area (Å²) in [5, 5.41) is 3.71. The summed E-state index contributed by atoms with van der Waals surface area (Å²) in [5.74, 6) is 0.783. The summed E-state index contributed by atoms with van der Waals surface area (Å²) in [7, 11) is 0. The van der Waals surface area contributed by atoms with Gasteiger partial charge < -0.3 is 10.1 Å². The van der Waals surface area contributed by atoms with Crippen molar-refractivity contribution in [1.82, 2.24) is 10.2 Å². The summed E-state index contributed by atoms with van der Waals surface area (Å²) in [6.45, 7) is 14.3. The minimum Gasteiger partial charge on any atom is -0.382 e. The second-order valence-corrected chi connectivity index (χ2v) is 5.84. The van der Waals surface area contributed by atoms with Crippen molar-refractivity contribution in [2.24, 2.45) is 5.92 Å². The van der Waals surface area contributed by atoms with Crippen LogP contribution in [0.3, 0.4) is 0 Å². The lowest BCUT2D eigenvalue weighted by molar-refractivity contribution is 0.0914. The third kappa shape index (κ3) is 5.68. The molecule has 1 heterocycles. The van der Waals surface area contributed by atoms with Crippen LogP contribution in [0.5, 0.6) is 0 Å². The van der Waals surface area contributed by atoms with Gasteiger partial charge in [-0.15, -0.1) is 0 Å². The van der Waals surface area contributed by atoms with Crippen molar-refractivity contribution >= 4 is 0 Å². The number of ether oxygens (including phenoxy) is 1. The SMILES string of the molecule is CCOCCCN1CC(CC(C)C)NCC1CC. The van der Waals surface area contributed by atoms with Crippen molar-refractivity contribution in [3.05, 3.63) is 0 Å². The van der Waals surface area contributed by atoms with Crippen LogP contribution in [0, 0.1) is 5.92 Å². The van der Waals surface area contributed by atoms with E-state index in [0.29, 0.717) is 6.04 Å². The highest BCUT2D eigenvalue weighted by atomic mass is 16.5. The Morgan fingerprint density at radius 2 is 2.11 bits per heavy atom. The zero-order valence-corrected chi connectivity index (χ0v) is 12.7. The second kappa shape index (κ2) is 8.89. The average Bonchev–Trinajstić information content (AvgIpc) is 2.34. The lowest BCUT2D eigenvalue weighted by Crippen LogP contribution is -2.56. The molecule has 0 radical (unpaired) electrons. The minimum atomic E-state index is 0.680. The monoisotopic (exact) mass is 256 g/mol. The molecule has 0 aromatic heterocycles. The third-order valence-corrected chi connectivity index (χ3v) is 3.78. The minimum absolute atomic E-state index is 0.680. The molecule has 3 heteroatoms. The summed E-state index contributed by atoms with van der Waals surface area (Å²) < 4.78 is 5.44. The Hall–Kier alpha value is -0.120. The highest BCUT2D eigenvalue weighted by Crippen LogP contribution is 2.15. The molecule has 18 heavy (non-hydrogen) atoms. The van der Waals surface area contributed by atoms with E-state index in [0.717, 1.165) is 31.7 Å². The van der Waals surface area contributed by atoms with Gasteiger partial charge >= 0.3 is 0 Å². The van der Waals surface area contributed by atoms with Gasteiger partial charge in [-0.3, -0.25) is 4.90 Å². The smallest absolute Gasteiger partial charge is 0.0478 e. The van der Waals surface area contributed by atoms with Crippen LogP contribution in [-0.2, 0) is 4.74 Å². The maximum absolute atomic E-state index is 5.44. The fourth-order valence-electron chi connectivity index (χ4n) is 2.85. The zero-order chi connectivity index (χ0) is 13.4. The molecular weight excluding hydrogens is 224 g/mol. The Bertz CT molecular complexity index is 209. The molecule has 3 nitrogen and oxygen atoms in total. The normalized spacial score (nSPS) is 25.8. The molecule has 1 fully saturated rings. The molecule has 2 unspecified atom stereocenters. The van der Waals surface area contributed by atoms with Crippen LogP contribution in [0.15, 0.2) is 0 Å². The van der Waals surface area contributed by atoms with E-state index in [1.807, 2.05) is 0 Å². The van der Waals surface area contributed by atoms with Gasteiger partial charge in [0.1, 0.15) is 0 Å². The highest BCUT2D eigenvalue weighted by molar-refractivity contribution is 4.85. The maximum atomic E-state index is 5.44. The van der Waals surface area contributed by atoms with Gasteiger partial charge in [-0.25, -0.2) is 0 Å². The molecule has 0 aromatic carbocycles. The molecule has 0 aromatic rings. The molecule has 1 rings (SSSR count). The molecule has 1 aliphatic heterocycles. The standard InChI is InChI=1S/C15H32N2O/c1-5-15-11-16-14(10-13(3)4)12-17(15)8-7-9-18-6-2/h13-16H,5-12H2,1-4H3. The first-order valence-corrected chi connectivity index (χ1v) is 7.72. The Balaban J connectivity index is 2.33. The van der Waals surface area contributed by atoms with Crippen molar-refractivity contribution in [3.63, 3.8) is 0 Å². The molecule has 0 bridgehead atoms. The van der Waals surface area contributed by atoms with Crippen molar-refractivity contribution < 1.29 is 4.74 Å². The topological polar surface area (TPSA) is 24.5 Å². The van der Waals surface area contributed by atoms with E-state index in [9.17, 15) is 0 Å². The van der Waals surface area contributed by atoms with Gasteiger partial charge in [0, 0.05) is 44.9 Å². The summed E-state index contributed by atoms with van der Waals surface area (Å²) in [6.07, 6.45) is 3.70. The Kier molecular flexibility index (Phi) is 7.87. The second-order valence-electron chi connectivity index (χ2n) is 5.84. The molecule has 108 valence electrons. The lowest BCUT2D eigenvalue weighted by atomic mass is 9.99. The zero-order valence-electron chi connectivity index (χ0n) is 12.7. The van der Waals surface area contributed by atoms with Crippen LogP contribution in [-0.4, -0.2) is 49.8 Å². The maximum Gasteiger partial charge on any atom is 0.0478 e. The first kappa shape index (κ1) is 15.9. The molecular formula is C15H32N2O. The fourth-order valence-corrected chi connectivity index (χ4v) is 2.85. The van der Waals surface area contributed by atoms with E-state index < -0.39 is 0 Å². The largest absolute Gasteiger partial charge is 0.382 e. The van der Waals surface area contributed by atoms with Crippen LogP contribution >= 0.6 is 0 Å². The van der Waals surface area contributed by atoms with Crippen LogP contribution in [0.4, 0.5) is 0 Å². The van der Waals surface area contributed by atoms with Crippen LogP contribution < -0.4 is 5.32 Å². The van der Waals surface area contributed by atoms with E-state index in [1.165, 1.54) is 32.4 Å². The van der Waals surface area contributed by atoms with Crippen LogP contribution in [0.1, 0.15) is 47.0 Å². The molecule has 0 spiro atoms. The van der Waals surface area contributed by atoms with E-state index in [2.05, 4.69) is 37.9 Å². The number of hydrogen-bond donors (Lipinski definition) is 1. The Labute approximate surface area is 113 Å². The van der Waals surface area contributed by atoms with E-state index in [-0.39, 0.29) is 0 Å². The van der Waals surface area contributed by atoms with Gasteiger partial charge in [0.05, 0.1) is 0 Å². The summed E-state index contributed by atoms with van der Waals surface area (Å²) in [5.41, 5.74) is 0. The molecule has 1 N–H and O–H groups in total. The van der Waals surface area contributed by atoms with Crippen LogP contribution in [0.2, 0.25) is 0 Å². The molecule has 1 aliphatic rings. The van der Waals surface area contributed by atoms with Gasteiger partial charge in [0.25, 0.3) is 0 Å². The number of nitrogens with zero attached hydrogens (tertiary/aromatic N) is 1. The van der Waals surface area contributed by atoms with E-state index in [4.69, 9.17) is 4.74 Å². The molecule has 0 saturated carbocycles. The first-order chi connectivity index (χ1) is 8.67. The van der Waals surface area contributed by atoms with Crippen molar-refractivity contribution in [2.45, 2.75) is 59.0 Å². The molecule has 2 atom stereocenters. The molecule has 1 saturated heterocycles. The number of piperazine rings is 1. The van der Waals surface area contributed by atoms with E-state index >= 15 is 0 Å². The predicted octanol–water partition coefficient (Wildman–Crippen LogP) is 2.51. The van der Waals surface area contributed by atoms with Crippen molar-refractivity contribution in [2.75, 3.05) is 32.8 Å².